The SMILES string of the molecule is CCOC1CC(c2nc(Cc3ccc(OC)c(F)c3)no2)C1. The fourth-order valence-electron chi connectivity index (χ4n) is 2.65. The summed E-state index contributed by atoms with van der Waals surface area (Å²) in [5.74, 6) is 1.35. The highest BCUT2D eigenvalue weighted by molar-refractivity contribution is 5.30. The normalized spacial score (nSPS) is 20.7. The lowest BCUT2D eigenvalue weighted by Crippen LogP contribution is -2.29. The molecule has 0 amide bonds. The van der Waals surface area contributed by atoms with E-state index in [4.69, 9.17) is 14.0 Å². The molecule has 3 rings (SSSR count). The highest BCUT2D eigenvalue weighted by Gasteiger charge is 2.34. The Morgan fingerprint density at radius 1 is 1.36 bits per heavy atom. The number of methoxy groups -OCH3 is 1. The van der Waals surface area contributed by atoms with Crippen molar-refractivity contribution in [1.82, 2.24) is 10.1 Å². The minimum Gasteiger partial charge on any atom is -0.494 e. The standard InChI is InChI=1S/C16H19FN2O3/c1-3-21-12-8-11(9-12)16-18-15(19-22-16)7-10-4-5-14(20-2)13(17)6-10/h4-6,11-12H,3,7-9H2,1-2H3. The van der Waals surface area contributed by atoms with Gasteiger partial charge in [-0.05, 0) is 37.5 Å². The quantitative estimate of drug-likeness (QED) is 0.821. The van der Waals surface area contributed by atoms with Gasteiger partial charge in [-0.1, -0.05) is 11.2 Å². The first kappa shape index (κ1) is 15.0. The van der Waals surface area contributed by atoms with Crippen LogP contribution in [0.2, 0.25) is 0 Å². The Balaban J connectivity index is 1.61. The second-order valence-electron chi connectivity index (χ2n) is 5.44. The topological polar surface area (TPSA) is 57.4 Å². The lowest BCUT2D eigenvalue weighted by Gasteiger charge is -2.32. The first-order valence-electron chi connectivity index (χ1n) is 7.46. The summed E-state index contributed by atoms with van der Waals surface area (Å²) in [5.41, 5.74) is 0.784. The van der Waals surface area contributed by atoms with Crippen molar-refractivity contribution in [2.45, 2.75) is 38.2 Å². The molecule has 0 spiro atoms. The van der Waals surface area contributed by atoms with Crippen molar-refractivity contribution in [1.29, 1.82) is 0 Å². The minimum absolute atomic E-state index is 0.231. The molecule has 1 aromatic carbocycles. The monoisotopic (exact) mass is 306 g/mol. The average Bonchev–Trinajstić information content (AvgIpc) is 2.90. The van der Waals surface area contributed by atoms with E-state index in [1.807, 2.05) is 6.92 Å². The number of hydrogen-bond acceptors (Lipinski definition) is 5. The van der Waals surface area contributed by atoms with E-state index < -0.39 is 0 Å². The van der Waals surface area contributed by atoms with Gasteiger partial charge in [-0.2, -0.15) is 4.98 Å². The summed E-state index contributed by atoms with van der Waals surface area (Å²) in [7, 11) is 1.44. The maximum Gasteiger partial charge on any atom is 0.229 e. The molecule has 0 saturated heterocycles. The van der Waals surface area contributed by atoms with Crippen LogP contribution in [0.3, 0.4) is 0 Å². The molecule has 1 saturated carbocycles. The number of aromatic nitrogens is 2. The van der Waals surface area contributed by atoms with Crippen LogP contribution in [0.5, 0.6) is 5.75 Å². The van der Waals surface area contributed by atoms with E-state index in [0.29, 0.717) is 24.2 Å². The van der Waals surface area contributed by atoms with Crippen molar-refractivity contribution in [2.24, 2.45) is 0 Å². The lowest BCUT2D eigenvalue weighted by atomic mass is 9.82. The molecule has 2 aromatic rings. The van der Waals surface area contributed by atoms with Crippen LogP contribution in [0.25, 0.3) is 0 Å². The summed E-state index contributed by atoms with van der Waals surface area (Å²) in [6.07, 6.45) is 2.59. The summed E-state index contributed by atoms with van der Waals surface area (Å²) < 4.78 is 29.4. The molecule has 0 unspecified atom stereocenters. The molecule has 6 heteroatoms. The van der Waals surface area contributed by atoms with Gasteiger partial charge < -0.3 is 14.0 Å². The summed E-state index contributed by atoms with van der Waals surface area (Å²) in [4.78, 5) is 4.41. The van der Waals surface area contributed by atoms with Crippen LogP contribution in [-0.4, -0.2) is 30.0 Å². The van der Waals surface area contributed by atoms with E-state index in [1.165, 1.54) is 13.2 Å². The highest BCUT2D eigenvalue weighted by Crippen LogP contribution is 2.37. The number of nitrogens with zero attached hydrogens (tertiary/aromatic N) is 2. The van der Waals surface area contributed by atoms with Gasteiger partial charge in [0.2, 0.25) is 5.89 Å². The second-order valence-corrected chi connectivity index (χ2v) is 5.44. The molecule has 1 heterocycles. The Labute approximate surface area is 128 Å². The molecule has 1 aliphatic carbocycles. The zero-order valence-corrected chi connectivity index (χ0v) is 12.7. The molecular formula is C16H19FN2O3. The van der Waals surface area contributed by atoms with Gasteiger partial charge in [0.15, 0.2) is 17.4 Å². The molecule has 1 fully saturated rings. The maximum absolute atomic E-state index is 13.7. The molecule has 0 radical (unpaired) electrons. The van der Waals surface area contributed by atoms with E-state index in [2.05, 4.69) is 10.1 Å². The summed E-state index contributed by atoms with van der Waals surface area (Å²) in [6, 6.07) is 4.83. The Morgan fingerprint density at radius 2 is 2.18 bits per heavy atom. The molecule has 1 aliphatic rings. The summed E-state index contributed by atoms with van der Waals surface area (Å²) >= 11 is 0. The van der Waals surface area contributed by atoms with Gasteiger partial charge in [0.25, 0.3) is 0 Å². The predicted molar refractivity (Wildman–Crippen MR) is 77.4 cm³/mol. The van der Waals surface area contributed by atoms with E-state index in [0.717, 1.165) is 25.0 Å². The van der Waals surface area contributed by atoms with Crippen molar-refractivity contribution in [3.8, 4) is 5.75 Å². The number of hydrogen-bond donors (Lipinski definition) is 0. The maximum atomic E-state index is 13.7. The van der Waals surface area contributed by atoms with E-state index in [-0.39, 0.29) is 17.5 Å². The molecule has 0 atom stereocenters. The first-order valence-corrected chi connectivity index (χ1v) is 7.46. The van der Waals surface area contributed by atoms with Crippen molar-refractivity contribution < 1.29 is 18.4 Å². The third-order valence-electron chi connectivity index (χ3n) is 3.91. The molecular weight excluding hydrogens is 287 g/mol. The van der Waals surface area contributed by atoms with Gasteiger partial charge in [0, 0.05) is 18.9 Å². The third-order valence-corrected chi connectivity index (χ3v) is 3.91. The van der Waals surface area contributed by atoms with Crippen molar-refractivity contribution in [3.05, 3.63) is 41.3 Å². The minimum atomic E-state index is -0.387. The Morgan fingerprint density at radius 3 is 2.86 bits per heavy atom. The lowest BCUT2D eigenvalue weighted by molar-refractivity contribution is -0.00961. The smallest absolute Gasteiger partial charge is 0.229 e. The number of ether oxygens (including phenoxy) is 2. The molecule has 0 aliphatic heterocycles. The van der Waals surface area contributed by atoms with Gasteiger partial charge >= 0.3 is 0 Å². The van der Waals surface area contributed by atoms with Gasteiger partial charge in [0.05, 0.1) is 13.2 Å². The third kappa shape index (κ3) is 3.11. The zero-order chi connectivity index (χ0) is 15.5. The van der Waals surface area contributed by atoms with Crippen molar-refractivity contribution >= 4 is 0 Å². The largest absolute Gasteiger partial charge is 0.494 e. The molecule has 22 heavy (non-hydrogen) atoms. The Hall–Kier alpha value is -1.95. The Kier molecular flexibility index (Phi) is 4.38. The van der Waals surface area contributed by atoms with Crippen LogP contribution < -0.4 is 4.74 Å². The Bertz CT molecular complexity index is 638. The molecule has 118 valence electrons. The van der Waals surface area contributed by atoms with Crippen LogP contribution in [0.4, 0.5) is 4.39 Å². The van der Waals surface area contributed by atoms with Crippen molar-refractivity contribution in [2.75, 3.05) is 13.7 Å². The first-order chi connectivity index (χ1) is 10.7. The van der Waals surface area contributed by atoms with Gasteiger partial charge in [-0.3, -0.25) is 0 Å². The van der Waals surface area contributed by atoms with Gasteiger partial charge in [-0.25, -0.2) is 4.39 Å². The summed E-state index contributed by atoms with van der Waals surface area (Å²) in [6.45, 7) is 2.72. The van der Waals surface area contributed by atoms with Crippen LogP contribution in [0, 0.1) is 5.82 Å². The van der Waals surface area contributed by atoms with E-state index in [9.17, 15) is 4.39 Å². The van der Waals surface area contributed by atoms with Crippen molar-refractivity contribution in [3.63, 3.8) is 0 Å². The second kappa shape index (κ2) is 6.44. The highest BCUT2D eigenvalue weighted by atomic mass is 19.1. The zero-order valence-electron chi connectivity index (χ0n) is 12.7. The summed E-state index contributed by atoms with van der Waals surface area (Å²) in [5, 5.41) is 3.98. The predicted octanol–water partition coefficient (Wildman–Crippen LogP) is 3.09. The van der Waals surface area contributed by atoms with Gasteiger partial charge in [-0.15, -0.1) is 0 Å². The molecule has 0 bridgehead atoms. The van der Waals surface area contributed by atoms with Crippen LogP contribution >= 0.6 is 0 Å². The van der Waals surface area contributed by atoms with Crippen LogP contribution in [0.1, 0.15) is 43.0 Å². The average molecular weight is 306 g/mol. The van der Waals surface area contributed by atoms with Crippen LogP contribution in [0.15, 0.2) is 22.7 Å². The van der Waals surface area contributed by atoms with Crippen LogP contribution in [-0.2, 0) is 11.2 Å². The number of rotatable bonds is 6. The fraction of sp³-hybridized carbons (Fsp3) is 0.500. The van der Waals surface area contributed by atoms with Gasteiger partial charge in [0.1, 0.15) is 0 Å². The molecule has 0 N–H and O–H groups in total. The van der Waals surface area contributed by atoms with E-state index >= 15 is 0 Å². The fourth-order valence-corrected chi connectivity index (χ4v) is 2.65. The number of benzene rings is 1. The molecule has 1 aromatic heterocycles. The van der Waals surface area contributed by atoms with E-state index in [1.54, 1.807) is 12.1 Å². The molecule has 5 nitrogen and oxygen atoms in total. The number of halogens is 1.